The minimum absolute atomic E-state index is 0.173. The average molecular weight is 329 g/mol. The van der Waals surface area contributed by atoms with Gasteiger partial charge in [-0.05, 0) is 35.0 Å². The van der Waals surface area contributed by atoms with Gasteiger partial charge in [-0.3, -0.25) is 9.36 Å². The molecule has 0 fully saturated rings. The average Bonchev–Trinajstić information content (AvgIpc) is 2.78. The molecule has 0 atom stereocenters. The van der Waals surface area contributed by atoms with E-state index in [-0.39, 0.29) is 10.4 Å². The summed E-state index contributed by atoms with van der Waals surface area (Å²) in [5.74, 6) is -0.365. The smallest absolute Gasteiger partial charge is 0.345 e. The maximum atomic E-state index is 11.9. The Morgan fingerprint density at radius 2 is 2.28 bits per heavy atom. The van der Waals surface area contributed by atoms with E-state index in [0.29, 0.717) is 16.8 Å². The van der Waals surface area contributed by atoms with Crippen LogP contribution in [0.1, 0.15) is 20.4 Å². The first-order valence-electron chi connectivity index (χ1n) is 5.03. The lowest BCUT2D eigenvalue weighted by molar-refractivity contribution is 0.0702. The second kappa shape index (κ2) is 5.03. The van der Waals surface area contributed by atoms with Crippen molar-refractivity contribution in [3.05, 3.63) is 48.7 Å². The van der Waals surface area contributed by atoms with Crippen LogP contribution in [-0.2, 0) is 6.54 Å². The number of hydrogen-bond acceptors (Lipinski definition) is 4. The molecule has 0 aliphatic rings. The molecule has 2 aromatic heterocycles. The number of hydrogen-bond donors (Lipinski definition) is 1. The lowest BCUT2D eigenvalue weighted by Gasteiger charge is -2.07. The van der Waals surface area contributed by atoms with Gasteiger partial charge in [0, 0.05) is 11.1 Å². The van der Waals surface area contributed by atoms with Gasteiger partial charge < -0.3 is 5.11 Å². The number of rotatable bonds is 3. The molecule has 0 spiro atoms. The van der Waals surface area contributed by atoms with Crippen molar-refractivity contribution >= 4 is 33.2 Å². The van der Waals surface area contributed by atoms with Crippen molar-refractivity contribution in [2.75, 3.05) is 0 Å². The van der Waals surface area contributed by atoms with Gasteiger partial charge in [0.1, 0.15) is 15.2 Å². The van der Waals surface area contributed by atoms with Gasteiger partial charge in [0.15, 0.2) is 0 Å². The topological polar surface area (TPSA) is 72.2 Å². The minimum atomic E-state index is -0.956. The molecule has 0 bridgehead atoms. The van der Waals surface area contributed by atoms with Crippen molar-refractivity contribution in [3.63, 3.8) is 0 Å². The van der Waals surface area contributed by atoms with Crippen LogP contribution in [0.4, 0.5) is 0 Å². The largest absolute Gasteiger partial charge is 0.477 e. The van der Waals surface area contributed by atoms with Gasteiger partial charge >= 0.3 is 5.97 Å². The van der Waals surface area contributed by atoms with Crippen molar-refractivity contribution < 1.29 is 9.90 Å². The number of carboxylic acids is 1. The second-order valence-corrected chi connectivity index (χ2v) is 5.64. The lowest BCUT2D eigenvalue weighted by Crippen LogP contribution is -2.24. The van der Waals surface area contributed by atoms with Gasteiger partial charge in [-0.15, -0.1) is 11.3 Å². The minimum Gasteiger partial charge on any atom is -0.477 e. The summed E-state index contributed by atoms with van der Waals surface area (Å²) >= 11 is 4.29. The van der Waals surface area contributed by atoms with Gasteiger partial charge in [-0.25, -0.2) is 9.78 Å². The Balaban J connectivity index is 2.37. The summed E-state index contributed by atoms with van der Waals surface area (Å²) in [5, 5.41) is 8.84. The van der Waals surface area contributed by atoms with E-state index >= 15 is 0 Å². The molecule has 2 rings (SSSR count). The SMILES string of the molecule is Cc1ncc(Br)c(=O)n1Cc1ccc(C(=O)O)s1. The normalized spacial score (nSPS) is 10.6. The van der Waals surface area contributed by atoms with Gasteiger partial charge in [-0.1, -0.05) is 0 Å². The Hall–Kier alpha value is -1.47. The highest BCUT2D eigenvalue weighted by molar-refractivity contribution is 9.10. The van der Waals surface area contributed by atoms with E-state index in [1.807, 2.05) is 0 Å². The number of aromatic carboxylic acids is 1. The van der Waals surface area contributed by atoms with Crippen molar-refractivity contribution in [2.45, 2.75) is 13.5 Å². The molecular formula is C11H9BrN2O3S. The number of aryl methyl sites for hydroxylation is 1. The fourth-order valence-electron chi connectivity index (χ4n) is 1.47. The fourth-order valence-corrected chi connectivity index (χ4v) is 2.62. The van der Waals surface area contributed by atoms with E-state index in [2.05, 4.69) is 20.9 Å². The van der Waals surface area contributed by atoms with Crippen molar-refractivity contribution in [1.82, 2.24) is 9.55 Å². The monoisotopic (exact) mass is 328 g/mol. The molecule has 2 aromatic rings. The molecule has 0 saturated carbocycles. The summed E-state index contributed by atoms with van der Waals surface area (Å²) in [5.41, 5.74) is -0.173. The zero-order chi connectivity index (χ0) is 13.3. The Kier molecular flexibility index (Phi) is 3.63. The lowest BCUT2D eigenvalue weighted by atomic mass is 10.4. The highest BCUT2D eigenvalue weighted by Crippen LogP contribution is 2.17. The van der Waals surface area contributed by atoms with Gasteiger partial charge in [0.25, 0.3) is 5.56 Å². The summed E-state index contributed by atoms with van der Waals surface area (Å²) in [4.78, 5) is 27.8. The molecule has 94 valence electrons. The van der Waals surface area contributed by atoms with Crippen LogP contribution in [0.15, 0.2) is 27.6 Å². The summed E-state index contributed by atoms with van der Waals surface area (Å²) in [6.07, 6.45) is 1.46. The van der Waals surface area contributed by atoms with Crippen LogP contribution in [0.5, 0.6) is 0 Å². The third kappa shape index (κ3) is 2.51. The maximum absolute atomic E-state index is 11.9. The van der Waals surface area contributed by atoms with Gasteiger partial charge in [0.2, 0.25) is 0 Å². The zero-order valence-electron chi connectivity index (χ0n) is 9.38. The molecule has 2 heterocycles. The van der Waals surface area contributed by atoms with Crippen molar-refractivity contribution in [2.24, 2.45) is 0 Å². The molecule has 0 amide bonds. The number of carbonyl (C=O) groups is 1. The highest BCUT2D eigenvalue weighted by atomic mass is 79.9. The van der Waals surface area contributed by atoms with E-state index in [4.69, 9.17) is 5.11 Å². The standard InChI is InChI=1S/C11H9BrN2O3S/c1-6-13-4-8(12)10(15)14(6)5-7-2-3-9(18-7)11(16)17/h2-4H,5H2,1H3,(H,16,17). The number of halogens is 1. The van der Waals surface area contributed by atoms with Crippen LogP contribution in [0, 0.1) is 6.92 Å². The van der Waals surface area contributed by atoms with Crippen molar-refractivity contribution in [1.29, 1.82) is 0 Å². The Morgan fingerprint density at radius 1 is 1.56 bits per heavy atom. The molecule has 0 radical (unpaired) electrons. The number of nitrogens with zero attached hydrogens (tertiary/aromatic N) is 2. The van der Waals surface area contributed by atoms with Gasteiger partial charge in [-0.2, -0.15) is 0 Å². The van der Waals surface area contributed by atoms with Crippen molar-refractivity contribution in [3.8, 4) is 0 Å². The molecule has 0 saturated heterocycles. The van der Waals surface area contributed by atoms with E-state index in [0.717, 1.165) is 16.2 Å². The summed E-state index contributed by atoms with van der Waals surface area (Å²) in [7, 11) is 0. The maximum Gasteiger partial charge on any atom is 0.345 e. The Morgan fingerprint density at radius 3 is 2.89 bits per heavy atom. The predicted molar refractivity (Wildman–Crippen MR) is 71.3 cm³/mol. The molecule has 18 heavy (non-hydrogen) atoms. The summed E-state index contributed by atoms with van der Waals surface area (Å²) in [6.45, 7) is 2.06. The Bertz CT molecular complexity index is 663. The molecular weight excluding hydrogens is 320 g/mol. The Labute approximate surface area is 115 Å². The first-order valence-corrected chi connectivity index (χ1v) is 6.64. The van der Waals surface area contributed by atoms with Crippen LogP contribution in [0.25, 0.3) is 0 Å². The zero-order valence-corrected chi connectivity index (χ0v) is 11.8. The molecule has 0 unspecified atom stereocenters. The molecule has 0 aliphatic carbocycles. The van der Waals surface area contributed by atoms with E-state index in [9.17, 15) is 9.59 Å². The fraction of sp³-hybridized carbons (Fsp3) is 0.182. The van der Waals surface area contributed by atoms with Crippen LogP contribution in [0.2, 0.25) is 0 Å². The third-order valence-corrected chi connectivity index (χ3v) is 3.99. The van der Waals surface area contributed by atoms with Gasteiger partial charge in [0.05, 0.1) is 6.54 Å². The molecule has 0 aromatic carbocycles. The third-order valence-electron chi connectivity index (χ3n) is 2.39. The second-order valence-electron chi connectivity index (χ2n) is 3.62. The van der Waals surface area contributed by atoms with Crippen LogP contribution >= 0.6 is 27.3 Å². The quantitative estimate of drug-likeness (QED) is 0.936. The molecule has 0 aliphatic heterocycles. The van der Waals surface area contributed by atoms with Crippen LogP contribution < -0.4 is 5.56 Å². The van der Waals surface area contributed by atoms with Crippen LogP contribution in [-0.4, -0.2) is 20.6 Å². The number of thiophene rings is 1. The van der Waals surface area contributed by atoms with E-state index in [1.54, 1.807) is 13.0 Å². The van der Waals surface area contributed by atoms with E-state index in [1.165, 1.54) is 16.8 Å². The first kappa shape index (κ1) is 13.0. The van der Waals surface area contributed by atoms with Crippen LogP contribution in [0.3, 0.4) is 0 Å². The number of aromatic nitrogens is 2. The van der Waals surface area contributed by atoms with E-state index < -0.39 is 5.97 Å². The summed E-state index contributed by atoms with van der Waals surface area (Å²) in [6, 6.07) is 3.25. The molecule has 7 heteroatoms. The highest BCUT2D eigenvalue weighted by Gasteiger charge is 2.10. The first-order chi connectivity index (χ1) is 8.49. The molecule has 1 N–H and O–H groups in total. The summed E-state index contributed by atoms with van der Waals surface area (Å²) < 4.78 is 1.89. The number of carboxylic acid groups (broad SMARTS) is 1. The molecule has 5 nitrogen and oxygen atoms in total. The predicted octanol–water partition coefficient (Wildman–Crippen LogP) is 2.12.